The number of amides is 2. The number of carbonyl (C=O) groups is 2. The Morgan fingerprint density at radius 1 is 1.16 bits per heavy atom. The molecule has 0 bridgehead atoms. The lowest BCUT2D eigenvalue weighted by molar-refractivity contribution is -0.122. The van der Waals surface area contributed by atoms with E-state index >= 15 is 0 Å². The molecule has 1 saturated heterocycles. The number of benzene rings is 1. The maximum Gasteiger partial charge on any atom is 0.269 e. The van der Waals surface area contributed by atoms with E-state index in [1.807, 2.05) is 13.8 Å². The normalized spacial score (nSPS) is 15.3. The average Bonchev–Trinajstić information content (AvgIpc) is 3.13. The van der Waals surface area contributed by atoms with Gasteiger partial charge in [-0.2, -0.15) is 4.31 Å². The summed E-state index contributed by atoms with van der Waals surface area (Å²) in [6, 6.07) is 5.85. The van der Waals surface area contributed by atoms with Crippen LogP contribution < -0.4 is 10.9 Å². The van der Waals surface area contributed by atoms with Crippen LogP contribution in [0.5, 0.6) is 0 Å². The number of hydrogen-bond donors (Lipinski definition) is 2. The number of hydrazine groups is 1. The summed E-state index contributed by atoms with van der Waals surface area (Å²) in [6.45, 7) is 5.03. The van der Waals surface area contributed by atoms with Gasteiger partial charge in [0.15, 0.2) is 0 Å². The van der Waals surface area contributed by atoms with Crippen molar-refractivity contribution in [2.24, 2.45) is 5.92 Å². The third kappa shape index (κ3) is 5.27. The summed E-state index contributed by atoms with van der Waals surface area (Å²) in [4.78, 5) is 23.9. The highest BCUT2D eigenvalue weighted by Gasteiger charge is 2.27. The van der Waals surface area contributed by atoms with Crippen molar-refractivity contribution in [2.45, 2.75) is 44.4 Å². The molecule has 2 N–H and O–H groups in total. The molecule has 0 saturated carbocycles. The zero-order valence-electron chi connectivity index (χ0n) is 14.6. The standard InChI is InChI=1S/C17H25N3O4S/c1-13(2)8-9-16(21)18-19-17(22)14-6-5-7-15(12-14)25(23,24)20-10-3-4-11-20/h5-7,12-13H,3-4,8-11H2,1-2H3,(H,18,21)(H,19,22). The molecule has 1 heterocycles. The molecule has 0 unspecified atom stereocenters. The first-order valence-corrected chi connectivity index (χ1v) is 9.94. The molecule has 0 spiro atoms. The molecular formula is C17H25N3O4S. The Morgan fingerprint density at radius 2 is 1.84 bits per heavy atom. The molecule has 2 amide bonds. The number of nitrogens with one attached hydrogen (secondary N) is 2. The fourth-order valence-corrected chi connectivity index (χ4v) is 4.12. The first kappa shape index (κ1) is 19.4. The Labute approximate surface area is 148 Å². The monoisotopic (exact) mass is 367 g/mol. The molecule has 7 nitrogen and oxygen atoms in total. The van der Waals surface area contributed by atoms with Crippen molar-refractivity contribution in [3.63, 3.8) is 0 Å². The third-order valence-corrected chi connectivity index (χ3v) is 5.96. The molecule has 1 aliphatic heterocycles. The predicted molar refractivity (Wildman–Crippen MR) is 94.1 cm³/mol. The van der Waals surface area contributed by atoms with E-state index in [-0.39, 0.29) is 16.4 Å². The lowest BCUT2D eigenvalue weighted by Crippen LogP contribution is -2.41. The van der Waals surface area contributed by atoms with Gasteiger partial charge >= 0.3 is 0 Å². The lowest BCUT2D eigenvalue weighted by Gasteiger charge is -2.16. The van der Waals surface area contributed by atoms with Gasteiger partial charge in [-0.15, -0.1) is 0 Å². The Hall–Kier alpha value is -1.93. The zero-order chi connectivity index (χ0) is 18.4. The Balaban J connectivity index is 2.00. The lowest BCUT2D eigenvalue weighted by atomic mass is 10.1. The van der Waals surface area contributed by atoms with E-state index in [2.05, 4.69) is 10.9 Å². The topological polar surface area (TPSA) is 95.6 Å². The van der Waals surface area contributed by atoms with Crippen molar-refractivity contribution in [1.29, 1.82) is 0 Å². The van der Waals surface area contributed by atoms with Crippen LogP contribution in [-0.2, 0) is 14.8 Å². The van der Waals surface area contributed by atoms with Crippen LogP contribution >= 0.6 is 0 Å². The molecule has 25 heavy (non-hydrogen) atoms. The third-order valence-electron chi connectivity index (χ3n) is 4.06. The zero-order valence-corrected chi connectivity index (χ0v) is 15.4. The highest BCUT2D eigenvalue weighted by molar-refractivity contribution is 7.89. The number of hydrogen-bond acceptors (Lipinski definition) is 4. The minimum absolute atomic E-state index is 0.0909. The predicted octanol–water partition coefficient (Wildman–Crippen LogP) is 1.67. The van der Waals surface area contributed by atoms with Gasteiger partial charge in [-0.1, -0.05) is 19.9 Å². The molecule has 1 aromatic rings. The number of rotatable bonds is 6. The van der Waals surface area contributed by atoms with E-state index in [9.17, 15) is 18.0 Å². The molecule has 1 aromatic carbocycles. The van der Waals surface area contributed by atoms with E-state index < -0.39 is 15.9 Å². The van der Waals surface area contributed by atoms with Crippen LogP contribution in [0.15, 0.2) is 29.2 Å². The number of sulfonamides is 1. The van der Waals surface area contributed by atoms with Crippen molar-refractivity contribution in [3.8, 4) is 0 Å². The van der Waals surface area contributed by atoms with E-state index in [1.54, 1.807) is 0 Å². The van der Waals surface area contributed by atoms with Gasteiger partial charge in [0, 0.05) is 25.1 Å². The summed E-state index contributed by atoms with van der Waals surface area (Å²) in [5.41, 5.74) is 4.86. The average molecular weight is 367 g/mol. The minimum atomic E-state index is -3.58. The number of carbonyl (C=O) groups excluding carboxylic acids is 2. The van der Waals surface area contributed by atoms with Gasteiger partial charge < -0.3 is 0 Å². The molecule has 0 atom stereocenters. The molecule has 8 heteroatoms. The summed E-state index contributed by atoms with van der Waals surface area (Å²) in [7, 11) is -3.58. The van der Waals surface area contributed by atoms with E-state index in [1.165, 1.54) is 28.6 Å². The van der Waals surface area contributed by atoms with Crippen LogP contribution in [0.1, 0.15) is 49.9 Å². The van der Waals surface area contributed by atoms with Gasteiger partial charge in [-0.25, -0.2) is 8.42 Å². The van der Waals surface area contributed by atoms with Crippen LogP contribution in [0, 0.1) is 5.92 Å². The fourth-order valence-electron chi connectivity index (χ4n) is 2.56. The quantitative estimate of drug-likeness (QED) is 0.748. The summed E-state index contributed by atoms with van der Waals surface area (Å²) in [5, 5.41) is 0. The molecule has 1 fully saturated rings. The fraction of sp³-hybridized carbons (Fsp3) is 0.529. The summed E-state index contributed by atoms with van der Waals surface area (Å²) in [6.07, 6.45) is 2.75. The minimum Gasteiger partial charge on any atom is -0.273 e. The Bertz CT molecular complexity index is 725. The highest BCUT2D eigenvalue weighted by atomic mass is 32.2. The SMILES string of the molecule is CC(C)CCC(=O)NNC(=O)c1cccc(S(=O)(=O)N2CCCC2)c1. The second-order valence-electron chi connectivity index (χ2n) is 6.57. The van der Waals surface area contributed by atoms with Crippen LogP contribution in [0.25, 0.3) is 0 Å². The van der Waals surface area contributed by atoms with Gasteiger partial charge in [0.1, 0.15) is 0 Å². The number of nitrogens with zero attached hydrogens (tertiary/aromatic N) is 1. The summed E-state index contributed by atoms with van der Waals surface area (Å²) < 4.78 is 26.5. The van der Waals surface area contributed by atoms with Gasteiger partial charge in [-0.3, -0.25) is 20.4 Å². The first-order valence-electron chi connectivity index (χ1n) is 8.50. The van der Waals surface area contributed by atoms with Gasteiger partial charge in [0.05, 0.1) is 4.90 Å². The molecule has 2 rings (SSSR count). The Morgan fingerprint density at radius 3 is 2.48 bits per heavy atom. The van der Waals surface area contributed by atoms with Crippen LogP contribution in [-0.4, -0.2) is 37.6 Å². The van der Waals surface area contributed by atoms with E-state index in [4.69, 9.17) is 0 Å². The van der Waals surface area contributed by atoms with Gasteiger partial charge in [0.2, 0.25) is 15.9 Å². The maximum atomic E-state index is 12.5. The molecule has 138 valence electrons. The Kier molecular flexibility index (Phi) is 6.55. The second kappa shape index (κ2) is 8.44. The smallest absolute Gasteiger partial charge is 0.269 e. The largest absolute Gasteiger partial charge is 0.273 e. The van der Waals surface area contributed by atoms with E-state index in [0.29, 0.717) is 25.4 Å². The van der Waals surface area contributed by atoms with E-state index in [0.717, 1.165) is 19.3 Å². The maximum absolute atomic E-state index is 12.5. The van der Waals surface area contributed by atoms with Crippen molar-refractivity contribution >= 4 is 21.8 Å². The van der Waals surface area contributed by atoms with Crippen molar-refractivity contribution in [3.05, 3.63) is 29.8 Å². The molecule has 1 aliphatic rings. The van der Waals surface area contributed by atoms with Crippen LogP contribution in [0.3, 0.4) is 0 Å². The summed E-state index contributed by atoms with van der Waals surface area (Å²) in [5.74, 6) is -0.423. The summed E-state index contributed by atoms with van der Waals surface area (Å²) >= 11 is 0. The molecule has 0 radical (unpaired) electrons. The van der Waals surface area contributed by atoms with Gasteiger partial charge in [-0.05, 0) is 43.4 Å². The van der Waals surface area contributed by atoms with Crippen molar-refractivity contribution in [2.75, 3.05) is 13.1 Å². The van der Waals surface area contributed by atoms with Gasteiger partial charge in [0.25, 0.3) is 5.91 Å². The van der Waals surface area contributed by atoms with Crippen LogP contribution in [0.4, 0.5) is 0 Å². The first-order chi connectivity index (χ1) is 11.8. The molecular weight excluding hydrogens is 342 g/mol. The van der Waals surface area contributed by atoms with Crippen molar-refractivity contribution in [1.82, 2.24) is 15.2 Å². The van der Waals surface area contributed by atoms with Crippen molar-refractivity contribution < 1.29 is 18.0 Å². The molecule has 0 aromatic heterocycles. The highest BCUT2D eigenvalue weighted by Crippen LogP contribution is 2.21. The van der Waals surface area contributed by atoms with Crippen LogP contribution in [0.2, 0.25) is 0 Å². The molecule has 0 aliphatic carbocycles. The second-order valence-corrected chi connectivity index (χ2v) is 8.51.